The molecule has 0 unspecified atom stereocenters. The van der Waals surface area contributed by atoms with Gasteiger partial charge in [-0.2, -0.15) is 0 Å². The van der Waals surface area contributed by atoms with E-state index in [4.69, 9.17) is 26.6 Å². The topological polar surface area (TPSA) is 38.7 Å². The number of allylic oxidation sites excluding steroid dienone is 4. The predicted octanol–water partition coefficient (Wildman–Crippen LogP) is 6.99. The lowest BCUT2D eigenvalue weighted by molar-refractivity contribution is 1.04. The number of rotatable bonds is 5. The van der Waals surface area contributed by atoms with Crippen molar-refractivity contribution in [3.63, 3.8) is 0 Å². The summed E-state index contributed by atoms with van der Waals surface area (Å²) in [6.07, 6.45) is 7.09. The van der Waals surface area contributed by atoms with Crippen molar-refractivity contribution in [3.05, 3.63) is 82.1 Å². The Kier molecular flexibility index (Phi) is 6.54. The van der Waals surface area contributed by atoms with E-state index in [1.807, 2.05) is 67.6 Å². The first-order valence-electron chi connectivity index (χ1n) is 8.72. The molecule has 0 bridgehead atoms. The number of benzene rings is 2. The van der Waals surface area contributed by atoms with Crippen LogP contribution in [0.5, 0.6) is 0 Å². The van der Waals surface area contributed by atoms with Crippen LogP contribution < -0.4 is 0 Å². The molecule has 0 saturated carbocycles. The second-order valence-corrected chi connectivity index (χ2v) is 7.24. The fourth-order valence-electron chi connectivity index (χ4n) is 2.58. The van der Waals surface area contributed by atoms with Crippen LogP contribution in [0.15, 0.2) is 71.2 Å². The summed E-state index contributed by atoms with van der Waals surface area (Å²) in [5, 5.41) is 0.625. The maximum Gasteiger partial charge on any atom is 0.164 e. The Balaban J connectivity index is 2.21. The Hall–Kier alpha value is -2.30. The van der Waals surface area contributed by atoms with Crippen molar-refractivity contribution in [1.29, 1.82) is 0 Å². The fourth-order valence-corrected chi connectivity index (χ4v) is 3.44. The Morgan fingerprint density at radius 2 is 1.70 bits per heavy atom. The lowest BCUT2D eigenvalue weighted by Gasteiger charge is -2.09. The van der Waals surface area contributed by atoms with Crippen LogP contribution in [0, 0.1) is 0 Å². The normalized spacial score (nSPS) is 11.9. The van der Waals surface area contributed by atoms with Gasteiger partial charge in [0.2, 0.25) is 0 Å². The Morgan fingerprint density at radius 3 is 2.33 bits per heavy atom. The van der Waals surface area contributed by atoms with Crippen LogP contribution in [-0.4, -0.2) is 15.0 Å². The van der Waals surface area contributed by atoms with Crippen molar-refractivity contribution >= 4 is 33.1 Å². The molecule has 2 aromatic carbocycles. The molecule has 0 fully saturated rings. The van der Waals surface area contributed by atoms with Crippen LogP contribution in [0.2, 0.25) is 5.02 Å². The van der Waals surface area contributed by atoms with Crippen LogP contribution in [0.25, 0.3) is 28.3 Å². The third kappa shape index (κ3) is 4.90. The van der Waals surface area contributed by atoms with Crippen molar-refractivity contribution in [2.75, 3.05) is 0 Å². The van der Waals surface area contributed by atoms with Gasteiger partial charge in [-0.05, 0) is 31.5 Å². The molecule has 0 aliphatic carbocycles. The average Bonchev–Trinajstić information content (AvgIpc) is 2.68. The summed E-state index contributed by atoms with van der Waals surface area (Å²) in [4.78, 5) is 14.1. The zero-order valence-electron chi connectivity index (χ0n) is 15.2. The van der Waals surface area contributed by atoms with Gasteiger partial charge in [0, 0.05) is 26.2 Å². The summed E-state index contributed by atoms with van der Waals surface area (Å²) in [6, 6.07) is 15.6. The smallest absolute Gasteiger partial charge is 0.164 e. The van der Waals surface area contributed by atoms with Gasteiger partial charge in [0.25, 0.3) is 0 Å². The molecule has 3 rings (SSSR count). The van der Waals surface area contributed by atoms with Gasteiger partial charge >= 0.3 is 0 Å². The molecule has 0 aliphatic rings. The molecule has 0 spiro atoms. The molecule has 0 radical (unpaired) electrons. The SMILES string of the molecule is C/C=C(\C=C/CC)c1nc(-c2ccccc2)nc(-c2cc(Cl)cc(Br)c2)n1. The van der Waals surface area contributed by atoms with Gasteiger partial charge in [0.1, 0.15) is 0 Å². The molecular formula is C22H19BrClN3. The molecule has 0 saturated heterocycles. The standard InChI is InChI=1S/C22H19BrClN3/c1-3-5-9-15(4-2)20-25-21(16-10-7-6-8-11-16)27-22(26-20)17-12-18(23)14-19(24)13-17/h4-14H,3H2,1-2H3/b9-5-,15-4+. The van der Waals surface area contributed by atoms with Gasteiger partial charge in [-0.1, -0.05) is 83.0 Å². The molecule has 3 nitrogen and oxygen atoms in total. The number of halogens is 2. The first-order chi connectivity index (χ1) is 13.1. The molecule has 5 heteroatoms. The largest absolute Gasteiger partial charge is 0.208 e. The molecule has 136 valence electrons. The van der Waals surface area contributed by atoms with Crippen molar-refractivity contribution in [1.82, 2.24) is 15.0 Å². The number of hydrogen-bond donors (Lipinski definition) is 0. The zero-order chi connectivity index (χ0) is 19.2. The van der Waals surface area contributed by atoms with E-state index in [1.165, 1.54) is 0 Å². The maximum atomic E-state index is 6.23. The third-order valence-corrected chi connectivity index (χ3v) is 4.57. The van der Waals surface area contributed by atoms with Crippen LogP contribution in [0.4, 0.5) is 0 Å². The van der Waals surface area contributed by atoms with E-state index in [-0.39, 0.29) is 0 Å². The van der Waals surface area contributed by atoms with Crippen LogP contribution in [-0.2, 0) is 0 Å². The van der Waals surface area contributed by atoms with Gasteiger partial charge in [0.05, 0.1) is 0 Å². The molecule has 0 N–H and O–H groups in total. The molecule has 3 aromatic rings. The van der Waals surface area contributed by atoms with E-state index in [2.05, 4.69) is 28.9 Å². The van der Waals surface area contributed by atoms with Crippen LogP contribution >= 0.6 is 27.5 Å². The highest BCUT2D eigenvalue weighted by atomic mass is 79.9. The van der Waals surface area contributed by atoms with Crippen molar-refractivity contribution in [2.45, 2.75) is 20.3 Å². The predicted molar refractivity (Wildman–Crippen MR) is 116 cm³/mol. The number of hydrogen-bond acceptors (Lipinski definition) is 3. The number of nitrogens with zero attached hydrogens (tertiary/aromatic N) is 3. The average molecular weight is 441 g/mol. The highest BCUT2D eigenvalue weighted by Gasteiger charge is 2.13. The lowest BCUT2D eigenvalue weighted by atomic mass is 10.1. The zero-order valence-corrected chi connectivity index (χ0v) is 17.5. The monoisotopic (exact) mass is 439 g/mol. The highest BCUT2D eigenvalue weighted by molar-refractivity contribution is 9.10. The summed E-state index contributed by atoms with van der Waals surface area (Å²) in [5.41, 5.74) is 2.74. The molecule has 0 atom stereocenters. The summed E-state index contributed by atoms with van der Waals surface area (Å²) in [7, 11) is 0. The molecule has 1 aromatic heterocycles. The van der Waals surface area contributed by atoms with Gasteiger partial charge < -0.3 is 0 Å². The van der Waals surface area contributed by atoms with Crippen molar-refractivity contribution < 1.29 is 0 Å². The fraction of sp³-hybridized carbons (Fsp3) is 0.136. The van der Waals surface area contributed by atoms with E-state index >= 15 is 0 Å². The van der Waals surface area contributed by atoms with Crippen LogP contribution in [0.3, 0.4) is 0 Å². The summed E-state index contributed by atoms with van der Waals surface area (Å²) < 4.78 is 0.880. The molecular weight excluding hydrogens is 422 g/mol. The molecule has 0 amide bonds. The van der Waals surface area contributed by atoms with Crippen molar-refractivity contribution in [3.8, 4) is 22.8 Å². The first kappa shape index (κ1) is 19.5. The molecule has 1 heterocycles. The minimum atomic E-state index is 0.589. The van der Waals surface area contributed by atoms with E-state index < -0.39 is 0 Å². The van der Waals surface area contributed by atoms with Gasteiger partial charge in [0.15, 0.2) is 17.5 Å². The van der Waals surface area contributed by atoms with Gasteiger partial charge in [-0.3, -0.25) is 0 Å². The van der Waals surface area contributed by atoms with Gasteiger partial charge in [-0.25, -0.2) is 15.0 Å². The first-order valence-corrected chi connectivity index (χ1v) is 9.89. The Labute approximate surface area is 173 Å². The third-order valence-electron chi connectivity index (χ3n) is 3.89. The summed E-state index contributed by atoms with van der Waals surface area (Å²) in [6.45, 7) is 4.08. The summed E-state index contributed by atoms with van der Waals surface area (Å²) in [5.74, 6) is 1.87. The Morgan fingerprint density at radius 1 is 1.00 bits per heavy atom. The second kappa shape index (κ2) is 9.07. The minimum absolute atomic E-state index is 0.589. The highest BCUT2D eigenvalue weighted by Crippen LogP contribution is 2.28. The summed E-state index contributed by atoms with van der Waals surface area (Å²) >= 11 is 9.72. The van der Waals surface area contributed by atoms with E-state index in [0.29, 0.717) is 22.5 Å². The Bertz CT molecular complexity index is 977. The van der Waals surface area contributed by atoms with E-state index in [9.17, 15) is 0 Å². The van der Waals surface area contributed by atoms with E-state index in [0.717, 1.165) is 27.6 Å². The van der Waals surface area contributed by atoms with Gasteiger partial charge in [-0.15, -0.1) is 0 Å². The van der Waals surface area contributed by atoms with Crippen molar-refractivity contribution in [2.24, 2.45) is 0 Å². The minimum Gasteiger partial charge on any atom is -0.208 e. The lowest BCUT2D eigenvalue weighted by Crippen LogP contribution is -2.02. The second-order valence-electron chi connectivity index (χ2n) is 5.89. The quantitative estimate of drug-likeness (QED) is 0.401. The molecule has 27 heavy (non-hydrogen) atoms. The van der Waals surface area contributed by atoms with E-state index in [1.54, 1.807) is 0 Å². The maximum absolute atomic E-state index is 6.23. The van der Waals surface area contributed by atoms with Crippen LogP contribution in [0.1, 0.15) is 26.1 Å². The number of aromatic nitrogens is 3. The molecule has 0 aliphatic heterocycles.